The van der Waals surface area contributed by atoms with Crippen molar-refractivity contribution in [2.75, 3.05) is 0 Å². The lowest BCUT2D eigenvalue weighted by molar-refractivity contribution is -0.136. The van der Waals surface area contributed by atoms with Crippen LogP contribution in [0.2, 0.25) is 0 Å². The molecule has 0 amide bonds. The largest absolute Gasteiger partial charge is 0.481 e. The van der Waals surface area contributed by atoms with Crippen LogP contribution in [-0.2, 0) is 11.2 Å². The molecule has 1 rings (SSSR count). The molecule has 0 spiro atoms. The van der Waals surface area contributed by atoms with Gasteiger partial charge in [-0.3, -0.25) is 4.79 Å². The summed E-state index contributed by atoms with van der Waals surface area (Å²) in [5.74, 6) is 5.61. The molecule has 0 aliphatic carbocycles. The first-order chi connectivity index (χ1) is 9.72. The minimum atomic E-state index is -0.753. The summed E-state index contributed by atoms with van der Waals surface area (Å²) in [5.41, 5.74) is 2.06. The monoisotopic (exact) mass is 272 g/mol. The highest BCUT2D eigenvalue weighted by molar-refractivity contribution is 5.67. The molecule has 0 aliphatic heterocycles. The first kappa shape index (κ1) is 16.3. The van der Waals surface area contributed by atoms with Crippen LogP contribution in [0, 0.1) is 11.8 Å². The molecule has 20 heavy (non-hydrogen) atoms. The number of unbranched alkanes of at least 4 members (excludes halogenated alkanes) is 5. The molecule has 1 aromatic carbocycles. The highest BCUT2D eigenvalue weighted by Crippen LogP contribution is 2.07. The Morgan fingerprint density at radius 2 is 1.80 bits per heavy atom. The molecule has 0 radical (unpaired) electrons. The van der Waals surface area contributed by atoms with Crippen LogP contribution in [0.15, 0.2) is 24.3 Å². The number of hydrogen-bond donors (Lipinski definition) is 1. The molecule has 0 atom stereocenters. The lowest BCUT2D eigenvalue weighted by atomic mass is 10.1. The Morgan fingerprint density at radius 3 is 2.45 bits per heavy atom. The molecular formula is C18H24O2. The number of aryl methyl sites for hydroxylation is 1. The molecule has 0 saturated heterocycles. The van der Waals surface area contributed by atoms with Crippen LogP contribution in [0.25, 0.3) is 0 Å². The fraction of sp³-hybridized carbons (Fsp3) is 0.500. The van der Waals surface area contributed by atoms with E-state index in [4.69, 9.17) is 5.11 Å². The van der Waals surface area contributed by atoms with Crippen LogP contribution in [0.5, 0.6) is 0 Å². The smallest absolute Gasteiger partial charge is 0.303 e. The summed E-state index contributed by atoms with van der Waals surface area (Å²) in [4.78, 5) is 10.5. The fourth-order valence-electron chi connectivity index (χ4n) is 1.99. The van der Waals surface area contributed by atoms with E-state index in [0.717, 1.165) is 17.5 Å². The SMILES string of the molecule is CCCCCCCC#Cc1ccc(CCC(=O)O)cc1. The summed E-state index contributed by atoms with van der Waals surface area (Å²) >= 11 is 0. The average molecular weight is 272 g/mol. The molecule has 1 N–H and O–H groups in total. The molecule has 1 aromatic rings. The van der Waals surface area contributed by atoms with Crippen molar-refractivity contribution in [1.29, 1.82) is 0 Å². The molecule has 0 unspecified atom stereocenters. The molecule has 0 heterocycles. The highest BCUT2D eigenvalue weighted by atomic mass is 16.4. The van der Waals surface area contributed by atoms with Gasteiger partial charge in [-0.05, 0) is 30.5 Å². The first-order valence-electron chi connectivity index (χ1n) is 7.52. The van der Waals surface area contributed by atoms with Crippen molar-refractivity contribution in [1.82, 2.24) is 0 Å². The Morgan fingerprint density at radius 1 is 1.10 bits per heavy atom. The second-order valence-electron chi connectivity index (χ2n) is 5.06. The van der Waals surface area contributed by atoms with Crippen LogP contribution in [0.4, 0.5) is 0 Å². The van der Waals surface area contributed by atoms with Gasteiger partial charge in [0.15, 0.2) is 0 Å². The van der Waals surface area contributed by atoms with E-state index in [1.165, 1.54) is 32.1 Å². The second-order valence-corrected chi connectivity index (χ2v) is 5.06. The maximum absolute atomic E-state index is 10.5. The Bertz CT molecular complexity index is 449. The summed E-state index contributed by atoms with van der Waals surface area (Å²) in [7, 11) is 0. The van der Waals surface area contributed by atoms with Crippen molar-refractivity contribution in [2.45, 2.75) is 58.3 Å². The molecule has 2 nitrogen and oxygen atoms in total. The average Bonchev–Trinajstić information content (AvgIpc) is 2.45. The third kappa shape index (κ3) is 7.63. The lowest BCUT2D eigenvalue weighted by Crippen LogP contribution is -1.97. The van der Waals surface area contributed by atoms with Crippen molar-refractivity contribution in [3.05, 3.63) is 35.4 Å². The van der Waals surface area contributed by atoms with Gasteiger partial charge in [0.25, 0.3) is 0 Å². The minimum Gasteiger partial charge on any atom is -0.481 e. The van der Waals surface area contributed by atoms with E-state index in [1.54, 1.807) is 0 Å². The predicted molar refractivity (Wildman–Crippen MR) is 82.7 cm³/mol. The van der Waals surface area contributed by atoms with Crippen LogP contribution in [0.1, 0.15) is 63.0 Å². The van der Waals surface area contributed by atoms with Gasteiger partial charge in [0.05, 0.1) is 0 Å². The van der Waals surface area contributed by atoms with Crippen molar-refractivity contribution in [3.8, 4) is 11.8 Å². The predicted octanol–water partition coefficient (Wildman–Crippen LogP) is 4.42. The molecule has 0 aliphatic rings. The van der Waals surface area contributed by atoms with Crippen LogP contribution < -0.4 is 0 Å². The number of carbonyl (C=O) groups is 1. The van der Waals surface area contributed by atoms with E-state index in [1.807, 2.05) is 24.3 Å². The van der Waals surface area contributed by atoms with Gasteiger partial charge in [-0.15, -0.1) is 0 Å². The van der Waals surface area contributed by atoms with E-state index < -0.39 is 5.97 Å². The third-order valence-corrected chi connectivity index (χ3v) is 3.22. The molecule has 108 valence electrons. The maximum Gasteiger partial charge on any atom is 0.303 e. The lowest BCUT2D eigenvalue weighted by Gasteiger charge is -1.98. The maximum atomic E-state index is 10.5. The summed E-state index contributed by atoms with van der Waals surface area (Å²) in [5, 5.41) is 8.63. The standard InChI is InChI=1S/C18H24O2/c1-2-3-4-5-6-7-8-9-16-10-12-17(13-11-16)14-15-18(19)20/h10-13H,2-7,14-15H2,1H3,(H,19,20). The van der Waals surface area contributed by atoms with Crippen LogP contribution >= 0.6 is 0 Å². The number of hydrogen-bond acceptors (Lipinski definition) is 1. The minimum absolute atomic E-state index is 0.183. The summed E-state index contributed by atoms with van der Waals surface area (Å²) < 4.78 is 0. The zero-order chi connectivity index (χ0) is 14.6. The molecule has 0 aromatic heterocycles. The van der Waals surface area contributed by atoms with E-state index in [2.05, 4.69) is 18.8 Å². The van der Waals surface area contributed by atoms with E-state index >= 15 is 0 Å². The van der Waals surface area contributed by atoms with Crippen molar-refractivity contribution in [2.24, 2.45) is 0 Å². The van der Waals surface area contributed by atoms with E-state index in [0.29, 0.717) is 6.42 Å². The fourth-order valence-corrected chi connectivity index (χ4v) is 1.99. The van der Waals surface area contributed by atoms with Gasteiger partial charge in [0.2, 0.25) is 0 Å². The van der Waals surface area contributed by atoms with Gasteiger partial charge >= 0.3 is 5.97 Å². The van der Waals surface area contributed by atoms with Gasteiger partial charge in [-0.1, -0.05) is 56.6 Å². The Labute approximate surface area is 122 Å². The highest BCUT2D eigenvalue weighted by Gasteiger charge is 1.98. The summed E-state index contributed by atoms with van der Waals surface area (Å²) in [6, 6.07) is 7.88. The summed E-state index contributed by atoms with van der Waals surface area (Å²) in [6.45, 7) is 2.22. The Balaban J connectivity index is 2.29. The number of aliphatic carboxylic acids is 1. The number of carboxylic acids is 1. The quantitative estimate of drug-likeness (QED) is 0.562. The van der Waals surface area contributed by atoms with E-state index in [-0.39, 0.29) is 6.42 Å². The number of benzene rings is 1. The van der Waals surface area contributed by atoms with Crippen molar-refractivity contribution < 1.29 is 9.90 Å². The third-order valence-electron chi connectivity index (χ3n) is 3.22. The molecule has 0 bridgehead atoms. The van der Waals surface area contributed by atoms with Gasteiger partial charge in [-0.2, -0.15) is 0 Å². The van der Waals surface area contributed by atoms with Gasteiger partial charge < -0.3 is 5.11 Å². The topological polar surface area (TPSA) is 37.3 Å². The Kier molecular flexibility index (Phi) is 8.22. The normalized spacial score (nSPS) is 9.85. The van der Waals surface area contributed by atoms with Crippen LogP contribution in [0.3, 0.4) is 0 Å². The first-order valence-corrected chi connectivity index (χ1v) is 7.52. The van der Waals surface area contributed by atoms with Crippen LogP contribution in [-0.4, -0.2) is 11.1 Å². The van der Waals surface area contributed by atoms with Gasteiger partial charge in [0, 0.05) is 18.4 Å². The second kappa shape index (κ2) is 10.1. The molecule has 0 saturated carbocycles. The number of rotatable bonds is 8. The molecule has 0 fully saturated rings. The zero-order valence-corrected chi connectivity index (χ0v) is 12.3. The van der Waals surface area contributed by atoms with Crippen molar-refractivity contribution in [3.63, 3.8) is 0 Å². The van der Waals surface area contributed by atoms with Gasteiger partial charge in [-0.25, -0.2) is 0 Å². The van der Waals surface area contributed by atoms with Crippen molar-refractivity contribution >= 4 is 5.97 Å². The zero-order valence-electron chi connectivity index (χ0n) is 12.3. The van der Waals surface area contributed by atoms with Gasteiger partial charge in [0.1, 0.15) is 0 Å². The van der Waals surface area contributed by atoms with E-state index in [9.17, 15) is 4.79 Å². The molecule has 2 heteroatoms. The Hall–Kier alpha value is -1.75. The molecular weight excluding hydrogens is 248 g/mol. The number of carboxylic acid groups (broad SMARTS) is 1. The summed E-state index contributed by atoms with van der Waals surface area (Å²) in [6.07, 6.45) is 8.11.